The summed E-state index contributed by atoms with van der Waals surface area (Å²) in [6.45, 7) is 1.89. The molecule has 1 atom stereocenters. The molecule has 1 aromatic carbocycles. The van der Waals surface area contributed by atoms with E-state index in [2.05, 4.69) is 16.6 Å². The number of hydrogen-bond donors (Lipinski definition) is 3. The van der Waals surface area contributed by atoms with Crippen LogP contribution < -0.4 is 10.6 Å². The third-order valence-corrected chi connectivity index (χ3v) is 3.32. The zero-order valence-corrected chi connectivity index (χ0v) is 12.8. The number of terminal acetylenes is 1. The van der Waals surface area contributed by atoms with Crippen molar-refractivity contribution in [1.29, 1.82) is 0 Å². The van der Waals surface area contributed by atoms with E-state index < -0.39 is 12.0 Å². The predicted octanol–water partition coefficient (Wildman–Crippen LogP) is 3.62. The van der Waals surface area contributed by atoms with Gasteiger partial charge >= 0.3 is 12.0 Å². The van der Waals surface area contributed by atoms with Crippen LogP contribution in [0.3, 0.4) is 0 Å². The molecule has 0 bridgehead atoms. The van der Waals surface area contributed by atoms with Gasteiger partial charge in [-0.25, -0.2) is 9.59 Å². The fourth-order valence-corrected chi connectivity index (χ4v) is 2.17. The fourth-order valence-electron chi connectivity index (χ4n) is 1.59. The molecule has 1 rings (SSSR count). The minimum Gasteiger partial charge on any atom is -0.478 e. The van der Waals surface area contributed by atoms with Gasteiger partial charge in [0.05, 0.1) is 21.3 Å². The van der Waals surface area contributed by atoms with E-state index in [9.17, 15) is 9.59 Å². The van der Waals surface area contributed by atoms with Gasteiger partial charge in [0, 0.05) is 12.5 Å². The smallest absolute Gasteiger partial charge is 0.335 e. The van der Waals surface area contributed by atoms with Gasteiger partial charge in [-0.05, 0) is 18.6 Å². The zero-order chi connectivity index (χ0) is 16.0. The van der Waals surface area contributed by atoms with Gasteiger partial charge in [0.2, 0.25) is 0 Å². The number of benzene rings is 1. The summed E-state index contributed by atoms with van der Waals surface area (Å²) in [5.74, 6) is 1.31. The number of hydrogen-bond acceptors (Lipinski definition) is 2. The Hall–Kier alpha value is -1.90. The van der Waals surface area contributed by atoms with Gasteiger partial charge in [-0.15, -0.1) is 12.3 Å². The van der Waals surface area contributed by atoms with Crippen LogP contribution >= 0.6 is 23.2 Å². The summed E-state index contributed by atoms with van der Waals surface area (Å²) >= 11 is 11.9. The molecule has 3 N–H and O–H groups in total. The van der Waals surface area contributed by atoms with Crippen LogP contribution in [0.2, 0.25) is 10.0 Å². The van der Waals surface area contributed by atoms with Gasteiger partial charge in [-0.1, -0.05) is 30.1 Å². The van der Waals surface area contributed by atoms with E-state index in [0.717, 1.165) is 0 Å². The Balaban J connectivity index is 2.86. The summed E-state index contributed by atoms with van der Waals surface area (Å²) in [4.78, 5) is 22.7. The predicted molar refractivity (Wildman–Crippen MR) is 83.1 cm³/mol. The van der Waals surface area contributed by atoms with E-state index in [1.54, 1.807) is 0 Å². The number of urea groups is 1. The van der Waals surface area contributed by atoms with E-state index in [0.29, 0.717) is 12.8 Å². The van der Waals surface area contributed by atoms with Crippen LogP contribution in [0.25, 0.3) is 0 Å². The quantitative estimate of drug-likeness (QED) is 0.722. The van der Waals surface area contributed by atoms with Crippen molar-refractivity contribution < 1.29 is 14.7 Å². The Labute approximate surface area is 132 Å². The Morgan fingerprint density at radius 3 is 2.38 bits per heavy atom. The highest BCUT2D eigenvalue weighted by Gasteiger charge is 2.15. The third-order valence-electron chi connectivity index (χ3n) is 2.72. The summed E-state index contributed by atoms with van der Waals surface area (Å²) in [6.07, 6.45) is 6.29. The molecule has 7 heteroatoms. The Morgan fingerprint density at radius 1 is 1.38 bits per heavy atom. The molecular formula is C14H14Cl2N2O3. The highest BCUT2D eigenvalue weighted by atomic mass is 35.5. The second-order valence-corrected chi connectivity index (χ2v) is 5.05. The van der Waals surface area contributed by atoms with Crippen LogP contribution in [0.5, 0.6) is 0 Å². The van der Waals surface area contributed by atoms with Crippen LogP contribution in [0.1, 0.15) is 30.1 Å². The lowest BCUT2D eigenvalue weighted by Gasteiger charge is -2.16. The first-order valence-corrected chi connectivity index (χ1v) is 6.87. The van der Waals surface area contributed by atoms with Gasteiger partial charge < -0.3 is 15.7 Å². The van der Waals surface area contributed by atoms with Gasteiger partial charge in [0.1, 0.15) is 0 Å². The molecule has 21 heavy (non-hydrogen) atoms. The zero-order valence-electron chi connectivity index (χ0n) is 11.2. The van der Waals surface area contributed by atoms with E-state index in [1.165, 1.54) is 12.1 Å². The maximum Gasteiger partial charge on any atom is 0.335 e. The molecule has 0 aromatic heterocycles. The number of rotatable bonds is 5. The number of nitrogens with one attached hydrogen (secondary N) is 2. The minimum absolute atomic E-state index is 0.0417. The van der Waals surface area contributed by atoms with Gasteiger partial charge in [0.15, 0.2) is 0 Å². The van der Waals surface area contributed by atoms with Crippen molar-refractivity contribution in [3.05, 3.63) is 27.7 Å². The normalized spacial score (nSPS) is 11.3. The molecular weight excluding hydrogens is 315 g/mol. The second kappa shape index (κ2) is 7.77. The monoisotopic (exact) mass is 328 g/mol. The summed E-state index contributed by atoms with van der Waals surface area (Å²) in [5.41, 5.74) is 0.0890. The number of anilines is 1. The standard InChI is InChI=1S/C14H14Cl2N2O3/c1-3-5-9(4-2)17-14(21)18-12-10(15)6-8(13(19)20)7-11(12)16/h1,6-7,9H,4-5H2,2H3,(H,19,20)(H2,17,18,21). The highest BCUT2D eigenvalue weighted by molar-refractivity contribution is 6.40. The van der Waals surface area contributed by atoms with Crippen molar-refractivity contribution in [2.24, 2.45) is 0 Å². The number of halogens is 2. The molecule has 0 saturated heterocycles. The lowest BCUT2D eigenvalue weighted by Crippen LogP contribution is -2.37. The molecule has 0 heterocycles. The Bertz CT molecular complexity index is 573. The van der Waals surface area contributed by atoms with Crippen LogP contribution in [-0.2, 0) is 0 Å². The van der Waals surface area contributed by atoms with Crippen molar-refractivity contribution in [3.8, 4) is 12.3 Å². The fraction of sp³-hybridized carbons (Fsp3) is 0.286. The maximum absolute atomic E-state index is 11.9. The van der Waals surface area contributed by atoms with Gasteiger partial charge in [-0.3, -0.25) is 0 Å². The molecule has 0 spiro atoms. The van der Waals surface area contributed by atoms with Gasteiger partial charge in [0.25, 0.3) is 0 Å². The molecule has 0 fully saturated rings. The summed E-state index contributed by atoms with van der Waals surface area (Å²) in [6, 6.07) is 1.75. The first-order chi connectivity index (χ1) is 9.88. The first kappa shape index (κ1) is 17.2. The maximum atomic E-state index is 11.9. The third kappa shape index (κ3) is 4.85. The largest absolute Gasteiger partial charge is 0.478 e. The number of carboxylic acid groups (broad SMARTS) is 1. The highest BCUT2D eigenvalue weighted by Crippen LogP contribution is 2.31. The van der Waals surface area contributed by atoms with Crippen molar-refractivity contribution in [3.63, 3.8) is 0 Å². The number of carbonyl (C=O) groups is 2. The van der Waals surface area contributed by atoms with E-state index in [1.807, 2.05) is 6.92 Å². The number of carboxylic acids is 1. The minimum atomic E-state index is -1.16. The van der Waals surface area contributed by atoms with Crippen molar-refractivity contribution in [2.45, 2.75) is 25.8 Å². The number of carbonyl (C=O) groups excluding carboxylic acids is 1. The molecule has 112 valence electrons. The lowest BCUT2D eigenvalue weighted by molar-refractivity contribution is 0.0697. The van der Waals surface area contributed by atoms with Crippen molar-refractivity contribution in [2.75, 3.05) is 5.32 Å². The Kier molecular flexibility index (Phi) is 6.35. The molecule has 1 aromatic rings. The van der Waals surface area contributed by atoms with Crippen LogP contribution in [0.4, 0.5) is 10.5 Å². The first-order valence-electron chi connectivity index (χ1n) is 6.12. The topological polar surface area (TPSA) is 78.4 Å². The average Bonchev–Trinajstić information content (AvgIpc) is 2.41. The van der Waals surface area contributed by atoms with Crippen LogP contribution in [0.15, 0.2) is 12.1 Å². The second-order valence-electron chi connectivity index (χ2n) is 4.23. The van der Waals surface area contributed by atoms with Crippen LogP contribution in [-0.4, -0.2) is 23.1 Å². The molecule has 5 nitrogen and oxygen atoms in total. The summed E-state index contributed by atoms with van der Waals surface area (Å²) < 4.78 is 0. The molecule has 1 unspecified atom stereocenters. The lowest BCUT2D eigenvalue weighted by atomic mass is 10.1. The Morgan fingerprint density at radius 2 is 1.95 bits per heavy atom. The van der Waals surface area contributed by atoms with E-state index in [-0.39, 0.29) is 27.3 Å². The molecule has 0 saturated carbocycles. The molecule has 2 amide bonds. The SMILES string of the molecule is C#CCC(CC)NC(=O)Nc1c(Cl)cc(C(=O)O)cc1Cl. The average molecular weight is 329 g/mol. The van der Waals surface area contributed by atoms with Crippen LogP contribution in [0, 0.1) is 12.3 Å². The number of amides is 2. The number of aromatic carboxylic acids is 1. The van der Waals surface area contributed by atoms with Crippen molar-refractivity contribution >= 4 is 40.9 Å². The summed E-state index contributed by atoms with van der Waals surface area (Å²) in [7, 11) is 0. The summed E-state index contributed by atoms with van der Waals surface area (Å²) in [5, 5.41) is 14.1. The van der Waals surface area contributed by atoms with E-state index in [4.69, 9.17) is 34.7 Å². The molecule has 0 radical (unpaired) electrons. The van der Waals surface area contributed by atoms with Gasteiger partial charge in [-0.2, -0.15) is 0 Å². The molecule has 0 aliphatic carbocycles. The molecule has 0 aliphatic rings. The molecule has 0 aliphatic heterocycles. The van der Waals surface area contributed by atoms with E-state index >= 15 is 0 Å². The van der Waals surface area contributed by atoms with Crippen molar-refractivity contribution in [1.82, 2.24) is 5.32 Å².